The Balaban J connectivity index is 2.40. The van der Waals surface area contributed by atoms with Crippen molar-refractivity contribution in [3.63, 3.8) is 0 Å². The zero-order valence-electron chi connectivity index (χ0n) is 15.1. The van der Waals surface area contributed by atoms with Gasteiger partial charge in [0, 0.05) is 13.2 Å². The van der Waals surface area contributed by atoms with Gasteiger partial charge in [-0.15, -0.1) is 11.3 Å². The molecule has 0 radical (unpaired) electrons. The predicted octanol–water partition coefficient (Wildman–Crippen LogP) is 2.79. The van der Waals surface area contributed by atoms with E-state index >= 15 is 0 Å². The van der Waals surface area contributed by atoms with Gasteiger partial charge in [0.25, 0.3) is 5.91 Å². The molecule has 2 aromatic heterocycles. The Morgan fingerprint density at radius 2 is 1.96 bits per heavy atom. The van der Waals surface area contributed by atoms with Crippen LogP contribution in [0.1, 0.15) is 56.3 Å². The highest BCUT2D eigenvalue weighted by atomic mass is 32.1. The van der Waals surface area contributed by atoms with Crippen LogP contribution in [0.4, 0.5) is 5.00 Å². The molecule has 1 N–H and O–H groups in total. The first-order valence-electron chi connectivity index (χ1n) is 8.17. The lowest BCUT2D eigenvalue weighted by Gasteiger charge is -2.07. The summed E-state index contributed by atoms with van der Waals surface area (Å²) in [7, 11) is 1.63. The topological polar surface area (TPSA) is 99.5 Å². The highest BCUT2D eigenvalue weighted by molar-refractivity contribution is 7.18. The number of ether oxygens (including phenoxy) is 2. The lowest BCUT2D eigenvalue weighted by Crippen LogP contribution is -2.17. The maximum absolute atomic E-state index is 12.5. The van der Waals surface area contributed by atoms with Crippen LogP contribution < -0.4 is 5.32 Å². The minimum atomic E-state index is -0.587. The number of hydrogen-bond donors (Lipinski definition) is 1. The number of amides is 1. The van der Waals surface area contributed by atoms with Gasteiger partial charge < -0.3 is 14.8 Å². The molecule has 0 aliphatic heterocycles. The van der Waals surface area contributed by atoms with E-state index in [0.29, 0.717) is 17.7 Å². The number of aromatic nitrogens is 2. The van der Waals surface area contributed by atoms with Crippen LogP contribution in [0.3, 0.4) is 0 Å². The molecule has 0 saturated carbocycles. The van der Waals surface area contributed by atoms with E-state index in [1.165, 1.54) is 10.9 Å². The number of nitrogens with one attached hydrogen (secondary N) is 1. The molecular formula is C17H21N3O5S. The summed E-state index contributed by atoms with van der Waals surface area (Å²) in [6.07, 6.45) is 2.16. The Morgan fingerprint density at radius 1 is 1.23 bits per heavy atom. The number of thiophene rings is 1. The number of rotatable bonds is 7. The Bertz CT molecular complexity index is 824. The highest BCUT2D eigenvalue weighted by Gasteiger charge is 2.28. The summed E-state index contributed by atoms with van der Waals surface area (Å²) in [5.41, 5.74) is 0.915. The second-order valence-electron chi connectivity index (χ2n) is 5.41. The largest absolute Gasteiger partial charge is 0.462 e. The van der Waals surface area contributed by atoms with Crippen LogP contribution in [0.5, 0.6) is 0 Å². The Labute approximate surface area is 155 Å². The molecule has 2 rings (SSSR count). The molecule has 1 amide bonds. The first-order valence-corrected chi connectivity index (χ1v) is 8.99. The first kappa shape index (κ1) is 19.6. The molecule has 0 saturated heterocycles. The molecule has 0 spiro atoms. The molecule has 0 atom stereocenters. The fraction of sp³-hybridized carbons (Fsp3) is 0.412. The lowest BCUT2D eigenvalue weighted by atomic mass is 10.1. The lowest BCUT2D eigenvalue weighted by molar-refractivity contribution is 0.0506. The third-order valence-electron chi connectivity index (χ3n) is 3.53. The Morgan fingerprint density at radius 3 is 2.54 bits per heavy atom. The van der Waals surface area contributed by atoms with Gasteiger partial charge in [0.05, 0.1) is 18.8 Å². The summed E-state index contributed by atoms with van der Waals surface area (Å²) in [6, 6.07) is 1.55. The van der Waals surface area contributed by atoms with Crippen LogP contribution in [0.2, 0.25) is 0 Å². The summed E-state index contributed by atoms with van der Waals surface area (Å²) >= 11 is 0.990. The molecule has 0 aromatic carbocycles. The Kier molecular flexibility index (Phi) is 6.51. The third kappa shape index (κ3) is 4.10. The maximum Gasteiger partial charge on any atom is 0.348 e. The molecule has 8 nitrogen and oxygen atoms in total. The molecule has 2 aromatic rings. The molecular weight excluding hydrogens is 358 g/mol. The van der Waals surface area contributed by atoms with Gasteiger partial charge in [-0.25, -0.2) is 9.59 Å². The van der Waals surface area contributed by atoms with E-state index in [9.17, 15) is 14.4 Å². The van der Waals surface area contributed by atoms with Gasteiger partial charge in [0.15, 0.2) is 0 Å². The van der Waals surface area contributed by atoms with E-state index in [1.54, 1.807) is 27.0 Å². The van der Waals surface area contributed by atoms with Crippen molar-refractivity contribution in [2.45, 2.75) is 27.2 Å². The van der Waals surface area contributed by atoms with Crippen molar-refractivity contribution in [3.05, 3.63) is 34.0 Å². The van der Waals surface area contributed by atoms with Gasteiger partial charge in [0.1, 0.15) is 15.6 Å². The normalized spacial score (nSPS) is 10.5. The molecule has 0 aliphatic rings. The van der Waals surface area contributed by atoms with Gasteiger partial charge in [-0.3, -0.25) is 9.48 Å². The van der Waals surface area contributed by atoms with Crippen molar-refractivity contribution in [3.8, 4) is 0 Å². The third-order valence-corrected chi connectivity index (χ3v) is 4.72. The summed E-state index contributed by atoms with van der Waals surface area (Å²) in [6.45, 7) is 5.66. The second kappa shape index (κ2) is 8.61. The summed E-state index contributed by atoms with van der Waals surface area (Å²) in [5, 5.41) is 6.87. The number of hydrogen-bond acceptors (Lipinski definition) is 7. The highest BCUT2D eigenvalue weighted by Crippen LogP contribution is 2.34. The van der Waals surface area contributed by atoms with Crippen LogP contribution in [-0.2, 0) is 16.5 Å². The van der Waals surface area contributed by atoms with Crippen molar-refractivity contribution >= 4 is 34.2 Å². The smallest absolute Gasteiger partial charge is 0.348 e. The summed E-state index contributed by atoms with van der Waals surface area (Å²) in [4.78, 5) is 37.3. The summed E-state index contributed by atoms with van der Waals surface area (Å²) < 4.78 is 11.6. The van der Waals surface area contributed by atoms with E-state index in [-0.39, 0.29) is 28.7 Å². The second-order valence-corrected chi connectivity index (χ2v) is 6.43. The SMILES string of the molecule is CCCOC(=O)c1c(NC(=O)c2ccnn2C)sc(C(=O)OCC)c1C. The minimum Gasteiger partial charge on any atom is -0.462 e. The van der Waals surface area contributed by atoms with Crippen LogP contribution in [-0.4, -0.2) is 40.8 Å². The molecule has 2 heterocycles. The molecule has 0 bridgehead atoms. The van der Waals surface area contributed by atoms with Crippen molar-refractivity contribution in [2.24, 2.45) is 7.05 Å². The molecule has 0 aliphatic carbocycles. The number of anilines is 1. The van der Waals surface area contributed by atoms with Gasteiger partial charge >= 0.3 is 11.9 Å². The monoisotopic (exact) mass is 379 g/mol. The number of carbonyl (C=O) groups excluding carboxylic acids is 3. The first-order chi connectivity index (χ1) is 12.4. The quantitative estimate of drug-likeness (QED) is 0.743. The molecule has 0 fully saturated rings. The van der Waals surface area contributed by atoms with Crippen LogP contribution >= 0.6 is 11.3 Å². The van der Waals surface area contributed by atoms with Crippen LogP contribution in [0.15, 0.2) is 12.3 Å². The molecule has 26 heavy (non-hydrogen) atoms. The van der Waals surface area contributed by atoms with Gasteiger partial charge in [0.2, 0.25) is 0 Å². The fourth-order valence-electron chi connectivity index (χ4n) is 2.27. The van der Waals surface area contributed by atoms with E-state index in [2.05, 4.69) is 10.4 Å². The number of aryl methyl sites for hydroxylation is 1. The standard InChI is InChI=1S/C17H21N3O5S/c1-5-9-25-16(22)12-10(3)13(17(23)24-6-2)26-15(12)19-14(21)11-7-8-18-20(11)4/h7-8H,5-6,9H2,1-4H3,(H,19,21). The fourth-order valence-corrected chi connectivity index (χ4v) is 3.35. The van der Waals surface area contributed by atoms with Gasteiger partial charge in [-0.05, 0) is 31.9 Å². The molecule has 0 unspecified atom stereocenters. The zero-order chi connectivity index (χ0) is 19.3. The predicted molar refractivity (Wildman–Crippen MR) is 96.7 cm³/mol. The van der Waals surface area contributed by atoms with Crippen molar-refractivity contribution in [1.29, 1.82) is 0 Å². The zero-order valence-corrected chi connectivity index (χ0v) is 15.9. The van der Waals surface area contributed by atoms with E-state index in [0.717, 1.165) is 11.3 Å². The van der Waals surface area contributed by atoms with Crippen molar-refractivity contribution in [1.82, 2.24) is 9.78 Å². The van der Waals surface area contributed by atoms with Crippen molar-refractivity contribution < 1.29 is 23.9 Å². The van der Waals surface area contributed by atoms with E-state index in [1.807, 2.05) is 6.92 Å². The number of carbonyl (C=O) groups is 3. The summed E-state index contributed by atoms with van der Waals surface area (Å²) in [5.74, 6) is -1.57. The maximum atomic E-state index is 12.5. The average molecular weight is 379 g/mol. The van der Waals surface area contributed by atoms with Crippen LogP contribution in [0, 0.1) is 6.92 Å². The van der Waals surface area contributed by atoms with Crippen molar-refractivity contribution in [2.75, 3.05) is 18.5 Å². The van der Waals surface area contributed by atoms with Gasteiger partial charge in [-0.1, -0.05) is 6.92 Å². The van der Waals surface area contributed by atoms with Crippen LogP contribution in [0.25, 0.3) is 0 Å². The van der Waals surface area contributed by atoms with Gasteiger partial charge in [-0.2, -0.15) is 5.10 Å². The minimum absolute atomic E-state index is 0.169. The van der Waals surface area contributed by atoms with E-state index in [4.69, 9.17) is 9.47 Å². The molecule has 9 heteroatoms. The number of nitrogens with zero attached hydrogens (tertiary/aromatic N) is 2. The average Bonchev–Trinajstić information content (AvgIpc) is 3.16. The molecule has 140 valence electrons. The van der Waals surface area contributed by atoms with E-state index < -0.39 is 17.8 Å². The Hall–Kier alpha value is -2.68. The number of esters is 2.